The highest BCUT2D eigenvalue weighted by atomic mass is 16.6. The summed E-state index contributed by atoms with van der Waals surface area (Å²) in [7, 11) is 0. The van der Waals surface area contributed by atoms with Gasteiger partial charge in [-0.3, -0.25) is 14.4 Å². The molecule has 0 radical (unpaired) electrons. The summed E-state index contributed by atoms with van der Waals surface area (Å²) < 4.78 is 5.79. The van der Waals surface area contributed by atoms with Crippen molar-refractivity contribution in [2.45, 2.75) is 77.7 Å². The van der Waals surface area contributed by atoms with E-state index in [4.69, 9.17) is 4.74 Å². The first-order valence-electron chi connectivity index (χ1n) is 10.2. The zero-order valence-electron chi connectivity index (χ0n) is 16.2. The van der Waals surface area contributed by atoms with Crippen LogP contribution in [0.15, 0.2) is 11.6 Å². The predicted molar refractivity (Wildman–Crippen MR) is 97.3 cm³/mol. The van der Waals surface area contributed by atoms with Gasteiger partial charge in [0.15, 0.2) is 17.2 Å². The number of ketones is 2. The number of hydrogen-bond donors (Lipinski definition) is 0. The van der Waals surface area contributed by atoms with Crippen molar-refractivity contribution >= 4 is 17.5 Å². The van der Waals surface area contributed by atoms with E-state index in [9.17, 15) is 14.4 Å². The molecule has 0 aliphatic heterocycles. The second-order valence-corrected chi connectivity index (χ2v) is 9.28. The first-order chi connectivity index (χ1) is 12.3. The van der Waals surface area contributed by atoms with Gasteiger partial charge in [-0.1, -0.05) is 12.5 Å². The SMILES string of the molecule is CC(=O)O[C@]1(C(C)=O)CC[C@H]2[C@@H]3CCC4=CC(=O)CCC4[C@H]3CC[C@@]21C. The van der Waals surface area contributed by atoms with Crippen molar-refractivity contribution in [3.05, 3.63) is 11.6 Å². The maximum atomic E-state index is 12.7. The van der Waals surface area contributed by atoms with Gasteiger partial charge in [-0.25, -0.2) is 0 Å². The Kier molecular flexibility index (Phi) is 4.16. The van der Waals surface area contributed by atoms with Crippen LogP contribution in [0.2, 0.25) is 0 Å². The molecule has 0 bridgehead atoms. The zero-order valence-corrected chi connectivity index (χ0v) is 16.2. The van der Waals surface area contributed by atoms with Crippen LogP contribution in [0.25, 0.3) is 0 Å². The van der Waals surface area contributed by atoms with Crippen molar-refractivity contribution in [2.24, 2.45) is 29.1 Å². The van der Waals surface area contributed by atoms with Crippen LogP contribution in [0.4, 0.5) is 0 Å². The average Bonchev–Trinajstić information content (AvgIpc) is 2.87. The Bertz CT molecular complexity index is 692. The summed E-state index contributed by atoms with van der Waals surface area (Å²) in [4.78, 5) is 36.3. The molecule has 0 aromatic rings. The first-order valence-corrected chi connectivity index (χ1v) is 10.2. The summed E-state index contributed by atoms with van der Waals surface area (Å²) in [5.74, 6) is 2.16. The van der Waals surface area contributed by atoms with E-state index in [0.29, 0.717) is 42.3 Å². The first kappa shape index (κ1) is 17.9. The highest BCUT2D eigenvalue weighted by molar-refractivity contribution is 5.91. The van der Waals surface area contributed by atoms with Crippen LogP contribution in [-0.2, 0) is 19.1 Å². The maximum Gasteiger partial charge on any atom is 0.303 e. The van der Waals surface area contributed by atoms with Crippen molar-refractivity contribution in [1.29, 1.82) is 0 Å². The fourth-order valence-electron chi connectivity index (χ4n) is 7.24. The number of carbonyl (C=O) groups excluding carboxylic acids is 3. The van der Waals surface area contributed by atoms with Gasteiger partial charge in [-0.05, 0) is 81.6 Å². The normalized spacial score (nSPS) is 44.4. The molecule has 4 nitrogen and oxygen atoms in total. The van der Waals surface area contributed by atoms with E-state index in [1.165, 1.54) is 12.5 Å². The highest BCUT2D eigenvalue weighted by Gasteiger charge is 2.66. The molecule has 4 aliphatic rings. The van der Waals surface area contributed by atoms with Gasteiger partial charge >= 0.3 is 5.97 Å². The summed E-state index contributed by atoms with van der Waals surface area (Å²) >= 11 is 0. The van der Waals surface area contributed by atoms with E-state index in [0.717, 1.165) is 38.5 Å². The zero-order chi connectivity index (χ0) is 18.7. The molecule has 6 atom stereocenters. The smallest absolute Gasteiger partial charge is 0.303 e. The molecule has 4 heteroatoms. The Balaban J connectivity index is 1.66. The standard InChI is InChI=1S/C22H30O4/c1-13(23)22(26-14(2)24)11-9-20-19-6-4-15-12-16(25)5-7-17(15)18(19)8-10-21(20,22)3/h12,17-20H,4-11H2,1-3H3/t17?,18-,19-,20+,21+,22+/m1/s1. The van der Waals surface area contributed by atoms with Crippen LogP contribution in [0, 0.1) is 29.1 Å². The lowest BCUT2D eigenvalue weighted by molar-refractivity contribution is -0.185. The van der Waals surface area contributed by atoms with Crippen LogP contribution < -0.4 is 0 Å². The lowest BCUT2D eigenvalue weighted by atomic mass is 9.50. The molecule has 0 N–H and O–H groups in total. The largest absolute Gasteiger partial charge is 0.451 e. The number of esters is 1. The molecule has 142 valence electrons. The van der Waals surface area contributed by atoms with Crippen molar-refractivity contribution in [3.8, 4) is 0 Å². The molecule has 0 amide bonds. The lowest BCUT2D eigenvalue weighted by Crippen LogP contribution is -2.57. The minimum atomic E-state index is -0.937. The molecule has 1 unspecified atom stereocenters. The topological polar surface area (TPSA) is 60.4 Å². The third-order valence-corrected chi connectivity index (χ3v) is 8.31. The average molecular weight is 358 g/mol. The monoisotopic (exact) mass is 358 g/mol. The number of fused-ring (bicyclic) bond motifs is 5. The Morgan fingerprint density at radius 3 is 2.50 bits per heavy atom. The quantitative estimate of drug-likeness (QED) is 0.700. The molecule has 4 rings (SSSR count). The van der Waals surface area contributed by atoms with E-state index in [1.54, 1.807) is 6.92 Å². The Morgan fingerprint density at radius 1 is 1.04 bits per heavy atom. The van der Waals surface area contributed by atoms with Crippen LogP contribution in [0.1, 0.15) is 72.1 Å². The van der Waals surface area contributed by atoms with Gasteiger partial charge in [-0.2, -0.15) is 0 Å². The van der Waals surface area contributed by atoms with Crippen LogP contribution in [0.3, 0.4) is 0 Å². The fraction of sp³-hybridized carbons (Fsp3) is 0.773. The minimum Gasteiger partial charge on any atom is -0.451 e. The van der Waals surface area contributed by atoms with E-state index < -0.39 is 5.60 Å². The summed E-state index contributed by atoms with van der Waals surface area (Å²) in [6.45, 7) is 5.21. The molecule has 0 spiro atoms. The van der Waals surface area contributed by atoms with E-state index in [2.05, 4.69) is 6.92 Å². The number of allylic oxidation sites excluding steroid dienone is 1. The third-order valence-electron chi connectivity index (χ3n) is 8.31. The van der Waals surface area contributed by atoms with Gasteiger partial charge in [0.25, 0.3) is 0 Å². The second kappa shape index (κ2) is 6.03. The van der Waals surface area contributed by atoms with Crippen molar-refractivity contribution < 1.29 is 19.1 Å². The lowest BCUT2D eigenvalue weighted by Gasteiger charge is -2.55. The molecule has 0 heterocycles. The Labute approximate surface area is 155 Å². The molecule has 0 saturated heterocycles. The summed E-state index contributed by atoms with van der Waals surface area (Å²) in [6, 6.07) is 0. The van der Waals surface area contributed by atoms with Gasteiger partial charge in [0.05, 0.1) is 0 Å². The minimum absolute atomic E-state index is 0.0100. The second-order valence-electron chi connectivity index (χ2n) is 9.28. The fourth-order valence-corrected chi connectivity index (χ4v) is 7.24. The van der Waals surface area contributed by atoms with Gasteiger partial charge < -0.3 is 4.74 Å². The van der Waals surface area contributed by atoms with Gasteiger partial charge in [0.2, 0.25) is 0 Å². The highest BCUT2D eigenvalue weighted by Crippen LogP contribution is 2.66. The Hall–Kier alpha value is -1.45. The van der Waals surface area contributed by atoms with E-state index in [-0.39, 0.29) is 17.2 Å². The van der Waals surface area contributed by atoms with E-state index >= 15 is 0 Å². The molecule has 3 saturated carbocycles. The number of carbonyl (C=O) groups is 3. The van der Waals surface area contributed by atoms with Crippen LogP contribution >= 0.6 is 0 Å². The summed E-state index contributed by atoms with van der Waals surface area (Å²) in [5, 5.41) is 0. The molecule has 0 aromatic heterocycles. The van der Waals surface area contributed by atoms with E-state index in [1.807, 2.05) is 6.08 Å². The molecular weight excluding hydrogens is 328 g/mol. The van der Waals surface area contributed by atoms with Crippen molar-refractivity contribution in [1.82, 2.24) is 0 Å². The van der Waals surface area contributed by atoms with Gasteiger partial charge in [-0.15, -0.1) is 0 Å². The van der Waals surface area contributed by atoms with Crippen LogP contribution in [0.5, 0.6) is 0 Å². The van der Waals surface area contributed by atoms with Gasteiger partial charge in [0.1, 0.15) is 0 Å². The van der Waals surface area contributed by atoms with Crippen LogP contribution in [-0.4, -0.2) is 23.1 Å². The predicted octanol–water partition coefficient (Wildman–Crippen LogP) is 4.02. The summed E-state index contributed by atoms with van der Waals surface area (Å²) in [5.41, 5.74) is 0.187. The Morgan fingerprint density at radius 2 is 1.81 bits per heavy atom. The number of hydrogen-bond acceptors (Lipinski definition) is 4. The third kappa shape index (κ3) is 2.36. The maximum absolute atomic E-state index is 12.7. The summed E-state index contributed by atoms with van der Waals surface area (Å²) in [6.07, 6.45) is 9.37. The number of rotatable bonds is 2. The molecule has 0 aromatic carbocycles. The molecule has 26 heavy (non-hydrogen) atoms. The van der Waals surface area contributed by atoms with Crippen molar-refractivity contribution in [2.75, 3.05) is 0 Å². The molecule has 4 aliphatic carbocycles. The van der Waals surface area contributed by atoms with Crippen molar-refractivity contribution in [3.63, 3.8) is 0 Å². The number of ether oxygens (including phenoxy) is 1. The molecular formula is C22H30O4. The van der Waals surface area contributed by atoms with Gasteiger partial charge in [0, 0.05) is 18.8 Å². The number of Topliss-reactive ketones (excluding diaryl/α,β-unsaturated/α-hetero) is 1. The molecule has 3 fully saturated rings.